The molecule has 1 aliphatic rings. The molecular formula is C20H15N3OS2. The quantitative estimate of drug-likeness (QED) is 0.508. The van der Waals surface area contributed by atoms with E-state index in [0.29, 0.717) is 0 Å². The van der Waals surface area contributed by atoms with Gasteiger partial charge in [0.05, 0.1) is 5.52 Å². The molecule has 4 nitrogen and oxygen atoms in total. The second kappa shape index (κ2) is 6.30. The number of rotatable bonds is 3. The molecule has 5 rings (SSSR count). The van der Waals surface area contributed by atoms with Crippen LogP contribution >= 0.6 is 22.7 Å². The van der Waals surface area contributed by atoms with Gasteiger partial charge in [-0.2, -0.15) is 0 Å². The number of nitrogens with zero attached hydrogens (tertiary/aromatic N) is 3. The Labute approximate surface area is 158 Å². The van der Waals surface area contributed by atoms with Crippen LogP contribution in [0.3, 0.4) is 0 Å². The number of benzene rings is 1. The van der Waals surface area contributed by atoms with E-state index in [4.69, 9.17) is 0 Å². The summed E-state index contributed by atoms with van der Waals surface area (Å²) in [7, 11) is 0. The number of hydrogen-bond acceptors (Lipinski definition) is 5. The Morgan fingerprint density at radius 2 is 1.85 bits per heavy atom. The van der Waals surface area contributed by atoms with Crippen LogP contribution in [-0.2, 0) is 4.79 Å². The Balaban J connectivity index is 1.66. The fraction of sp³-hybridized carbons (Fsp3) is 0.150. The highest BCUT2D eigenvalue weighted by Gasteiger charge is 2.37. The normalized spacial score (nSPS) is 20.5. The molecule has 1 aromatic carbocycles. The number of carbonyl (C=O) groups excluding carboxylic acids is 1. The van der Waals surface area contributed by atoms with Gasteiger partial charge in [0.2, 0.25) is 0 Å². The second-order valence-corrected chi connectivity index (χ2v) is 8.27. The van der Waals surface area contributed by atoms with E-state index < -0.39 is 0 Å². The second-order valence-electron chi connectivity index (χ2n) is 6.34. The molecule has 0 radical (unpaired) electrons. The van der Waals surface area contributed by atoms with Gasteiger partial charge in [0.15, 0.2) is 5.78 Å². The summed E-state index contributed by atoms with van der Waals surface area (Å²) < 4.78 is 1.81. The van der Waals surface area contributed by atoms with Crippen molar-refractivity contribution in [2.45, 2.75) is 18.4 Å². The van der Waals surface area contributed by atoms with Gasteiger partial charge >= 0.3 is 0 Å². The summed E-state index contributed by atoms with van der Waals surface area (Å²) in [6.07, 6.45) is 2.63. The summed E-state index contributed by atoms with van der Waals surface area (Å²) in [5.41, 5.74) is 2.84. The summed E-state index contributed by atoms with van der Waals surface area (Å²) >= 11 is 3.38. The zero-order valence-electron chi connectivity index (χ0n) is 13.8. The third-order valence-corrected chi connectivity index (χ3v) is 6.77. The van der Waals surface area contributed by atoms with Crippen LogP contribution in [0.25, 0.3) is 16.6 Å². The molecule has 0 aliphatic heterocycles. The molecule has 3 aromatic heterocycles. The van der Waals surface area contributed by atoms with Crippen LogP contribution in [0.1, 0.15) is 28.1 Å². The van der Waals surface area contributed by atoms with Gasteiger partial charge in [0.1, 0.15) is 11.6 Å². The summed E-state index contributed by atoms with van der Waals surface area (Å²) in [5, 5.41) is 12.7. The van der Waals surface area contributed by atoms with E-state index in [1.54, 1.807) is 28.7 Å². The van der Waals surface area contributed by atoms with E-state index in [0.717, 1.165) is 23.0 Å². The summed E-state index contributed by atoms with van der Waals surface area (Å²) in [6.45, 7) is 0. The number of aromatic nitrogens is 3. The maximum atomic E-state index is 13.2. The molecule has 2 atom stereocenters. The minimum Gasteiger partial charge on any atom is -0.292 e. The number of carbonyl (C=O) groups is 1. The molecule has 0 bridgehead atoms. The maximum Gasteiger partial charge on any atom is 0.181 e. The summed E-state index contributed by atoms with van der Waals surface area (Å²) in [4.78, 5) is 15.6. The van der Waals surface area contributed by atoms with E-state index in [9.17, 15) is 4.79 Å². The fourth-order valence-corrected chi connectivity index (χ4v) is 5.25. The molecule has 0 fully saturated rings. The van der Waals surface area contributed by atoms with Gasteiger partial charge in [0.25, 0.3) is 0 Å². The molecule has 0 unspecified atom stereocenters. The smallest absolute Gasteiger partial charge is 0.181 e. The van der Waals surface area contributed by atoms with Gasteiger partial charge in [-0.3, -0.25) is 4.79 Å². The van der Waals surface area contributed by atoms with Crippen LogP contribution < -0.4 is 0 Å². The van der Waals surface area contributed by atoms with Crippen molar-refractivity contribution in [1.82, 2.24) is 15.0 Å². The maximum absolute atomic E-state index is 13.2. The molecule has 0 spiro atoms. The zero-order chi connectivity index (χ0) is 17.5. The first-order chi connectivity index (χ1) is 12.8. The van der Waals surface area contributed by atoms with Crippen molar-refractivity contribution in [3.63, 3.8) is 0 Å². The van der Waals surface area contributed by atoms with Crippen molar-refractivity contribution in [3.8, 4) is 0 Å². The molecule has 0 saturated carbocycles. The monoisotopic (exact) mass is 377 g/mol. The van der Waals surface area contributed by atoms with Crippen molar-refractivity contribution >= 4 is 45.1 Å². The lowest BCUT2D eigenvalue weighted by Crippen LogP contribution is -2.29. The minimum absolute atomic E-state index is 0.0645. The van der Waals surface area contributed by atoms with Crippen molar-refractivity contribution in [1.29, 1.82) is 0 Å². The largest absolute Gasteiger partial charge is 0.292 e. The van der Waals surface area contributed by atoms with E-state index in [2.05, 4.69) is 33.2 Å². The van der Waals surface area contributed by atoms with Crippen LogP contribution in [0, 0.1) is 0 Å². The van der Waals surface area contributed by atoms with Crippen molar-refractivity contribution in [2.24, 2.45) is 0 Å². The third kappa shape index (κ3) is 2.53. The van der Waals surface area contributed by atoms with Gasteiger partial charge < -0.3 is 0 Å². The number of allylic oxidation sites excluding steroid dienone is 2. The molecule has 26 heavy (non-hydrogen) atoms. The molecule has 128 valence electrons. The Hall–Kier alpha value is -2.57. The highest BCUT2D eigenvalue weighted by Crippen LogP contribution is 2.44. The first-order valence-electron chi connectivity index (χ1n) is 8.43. The average molecular weight is 377 g/mol. The molecule has 0 saturated heterocycles. The van der Waals surface area contributed by atoms with E-state index >= 15 is 0 Å². The standard InChI is InChI=1S/C20H15N3OS2/c24-17-12-13(18-7-3-9-25-18)11-14(19-8-4-10-26-19)20(17)23-16-6-2-1-5-15(16)21-22-23/h1-10,12,14,20H,11H2/t14-,20-/m0/s1. The van der Waals surface area contributed by atoms with E-state index in [1.165, 1.54) is 9.75 Å². The van der Waals surface area contributed by atoms with Crippen LogP contribution in [-0.4, -0.2) is 20.8 Å². The van der Waals surface area contributed by atoms with Crippen LogP contribution in [0.15, 0.2) is 65.4 Å². The molecule has 0 N–H and O–H groups in total. The Morgan fingerprint density at radius 1 is 1.00 bits per heavy atom. The zero-order valence-corrected chi connectivity index (χ0v) is 15.4. The number of fused-ring (bicyclic) bond motifs is 1. The Bertz CT molecular complexity index is 1090. The van der Waals surface area contributed by atoms with Crippen molar-refractivity contribution in [2.75, 3.05) is 0 Å². The number of para-hydroxylation sites is 1. The lowest BCUT2D eigenvalue weighted by molar-refractivity contribution is -0.118. The Morgan fingerprint density at radius 3 is 2.65 bits per heavy atom. The predicted octanol–water partition coefficient (Wildman–Crippen LogP) is 4.94. The average Bonchev–Trinajstić information content (AvgIpc) is 3.41. The fourth-order valence-electron chi connectivity index (χ4n) is 3.64. The molecule has 6 heteroatoms. The third-order valence-electron chi connectivity index (χ3n) is 4.82. The number of thiophene rings is 2. The van der Waals surface area contributed by atoms with Gasteiger partial charge in [0, 0.05) is 15.7 Å². The minimum atomic E-state index is -0.357. The molecule has 4 aromatic rings. The highest BCUT2D eigenvalue weighted by atomic mass is 32.1. The van der Waals surface area contributed by atoms with Gasteiger partial charge in [-0.15, -0.1) is 27.8 Å². The molecule has 0 amide bonds. The molecule has 3 heterocycles. The van der Waals surface area contributed by atoms with Crippen molar-refractivity contribution < 1.29 is 4.79 Å². The first-order valence-corrected chi connectivity index (χ1v) is 10.2. The Kier molecular flexibility index (Phi) is 3.80. The van der Waals surface area contributed by atoms with Crippen molar-refractivity contribution in [3.05, 3.63) is 75.1 Å². The van der Waals surface area contributed by atoms with Gasteiger partial charge in [-0.25, -0.2) is 4.68 Å². The highest BCUT2D eigenvalue weighted by molar-refractivity contribution is 7.11. The van der Waals surface area contributed by atoms with Gasteiger partial charge in [-0.05, 0) is 53.1 Å². The summed E-state index contributed by atoms with van der Waals surface area (Å²) in [6, 6.07) is 15.7. The summed E-state index contributed by atoms with van der Waals surface area (Å²) in [5.74, 6) is 0.156. The predicted molar refractivity (Wildman–Crippen MR) is 106 cm³/mol. The van der Waals surface area contributed by atoms with E-state index in [-0.39, 0.29) is 17.7 Å². The number of ketones is 1. The first kappa shape index (κ1) is 15.7. The van der Waals surface area contributed by atoms with Crippen LogP contribution in [0.5, 0.6) is 0 Å². The lowest BCUT2D eigenvalue weighted by atomic mass is 9.82. The lowest BCUT2D eigenvalue weighted by Gasteiger charge is -2.29. The molecular weight excluding hydrogens is 362 g/mol. The molecule has 1 aliphatic carbocycles. The van der Waals surface area contributed by atoms with Gasteiger partial charge in [-0.1, -0.05) is 29.5 Å². The SMILES string of the molecule is O=C1C=C(c2cccs2)C[C@@H](c2cccs2)[C@@H]1n1nnc2ccccc21. The topological polar surface area (TPSA) is 47.8 Å². The number of hydrogen-bond donors (Lipinski definition) is 0. The van der Waals surface area contributed by atoms with E-state index in [1.807, 2.05) is 41.1 Å². The van der Waals surface area contributed by atoms with Crippen LogP contribution in [0.2, 0.25) is 0 Å². The van der Waals surface area contributed by atoms with Crippen LogP contribution in [0.4, 0.5) is 0 Å².